The van der Waals surface area contributed by atoms with Crippen molar-refractivity contribution in [3.63, 3.8) is 0 Å². The van der Waals surface area contributed by atoms with Gasteiger partial charge in [0.25, 0.3) is 11.8 Å². The second-order valence-corrected chi connectivity index (χ2v) is 11.3. The van der Waals surface area contributed by atoms with Crippen LogP contribution in [0.2, 0.25) is 0 Å². The van der Waals surface area contributed by atoms with Crippen LogP contribution in [0.4, 0.5) is 13.2 Å². The average Bonchev–Trinajstić information content (AvgIpc) is 3.36. The summed E-state index contributed by atoms with van der Waals surface area (Å²) in [5, 5.41) is 14.1. The van der Waals surface area contributed by atoms with Crippen LogP contribution in [0.5, 0.6) is 5.75 Å². The summed E-state index contributed by atoms with van der Waals surface area (Å²) in [7, 11) is 0. The number of benzene rings is 2. The van der Waals surface area contributed by atoms with Crippen molar-refractivity contribution in [1.82, 2.24) is 9.58 Å². The zero-order valence-corrected chi connectivity index (χ0v) is 21.6. The van der Waals surface area contributed by atoms with Crippen LogP contribution in [-0.2, 0) is 17.1 Å². The minimum Gasteiger partial charge on any atom is -0.502 e. The molecule has 2 aromatic heterocycles. The van der Waals surface area contributed by atoms with Crippen molar-refractivity contribution in [2.75, 3.05) is 24.8 Å². The number of nitrogens with zero attached hydrogens (tertiary/aromatic N) is 3. The number of hydrogen-bond donors (Lipinski definition) is 1. The third-order valence-electron chi connectivity index (χ3n) is 8.36. The molecule has 0 bridgehead atoms. The fourth-order valence-corrected chi connectivity index (χ4v) is 7.82. The van der Waals surface area contributed by atoms with E-state index in [0.717, 1.165) is 5.56 Å². The van der Waals surface area contributed by atoms with Crippen molar-refractivity contribution in [2.24, 2.45) is 0 Å². The normalized spacial score (nSPS) is 21.7. The maximum atomic E-state index is 15.4. The lowest BCUT2D eigenvalue weighted by Crippen LogP contribution is -2.66. The predicted octanol–water partition coefficient (Wildman–Crippen LogP) is 4.59. The maximum absolute atomic E-state index is 15.4. The molecule has 40 heavy (non-hydrogen) atoms. The van der Waals surface area contributed by atoms with Crippen LogP contribution in [0.25, 0.3) is 21.6 Å². The van der Waals surface area contributed by atoms with Gasteiger partial charge in [-0.15, -0.1) is 11.3 Å². The van der Waals surface area contributed by atoms with Gasteiger partial charge in [0, 0.05) is 52.2 Å². The van der Waals surface area contributed by atoms with Crippen molar-refractivity contribution in [3.8, 4) is 27.3 Å². The lowest BCUT2D eigenvalue weighted by Gasteiger charge is -2.51. The van der Waals surface area contributed by atoms with Crippen molar-refractivity contribution >= 4 is 17.2 Å². The number of rotatable bonds is 1. The van der Waals surface area contributed by atoms with E-state index in [9.17, 15) is 14.7 Å². The summed E-state index contributed by atoms with van der Waals surface area (Å²) in [4.78, 5) is 28.2. The molecule has 0 saturated carbocycles. The SMILES string of the molecule is O=C1c2c(O)c(=O)ccn2N(C2c3ccccc3-c3scc4c3-c3c2ccc(F)c3CC4(F)F)C2COCCN12. The van der Waals surface area contributed by atoms with Crippen LogP contribution >= 0.6 is 11.3 Å². The van der Waals surface area contributed by atoms with Crippen molar-refractivity contribution in [3.05, 3.63) is 98.0 Å². The van der Waals surface area contributed by atoms with Gasteiger partial charge in [-0.2, -0.15) is 0 Å². The number of fused-ring (bicyclic) bond motifs is 4. The van der Waals surface area contributed by atoms with Crippen molar-refractivity contribution in [2.45, 2.75) is 24.6 Å². The van der Waals surface area contributed by atoms with E-state index < -0.39 is 47.5 Å². The van der Waals surface area contributed by atoms with E-state index in [4.69, 9.17) is 4.74 Å². The highest BCUT2D eigenvalue weighted by Crippen LogP contribution is 2.58. The van der Waals surface area contributed by atoms with Gasteiger partial charge >= 0.3 is 0 Å². The molecule has 202 valence electrons. The van der Waals surface area contributed by atoms with E-state index in [-0.39, 0.29) is 36.6 Å². The van der Waals surface area contributed by atoms with Gasteiger partial charge in [-0.1, -0.05) is 30.3 Å². The first-order valence-electron chi connectivity index (χ1n) is 12.8. The molecule has 4 heterocycles. The Morgan fingerprint density at radius 2 is 1.88 bits per heavy atom. The first-order chi connectivity index (χ1) is 19.3. The Morgan fingerprint density at radius 3 is 2.73 bits per heavy atom. The molecule has 2 unspecified atom stereocenters. The minimum atomic E-state index is -3.24. The third-order valence-corrected chi connectivity index (χ3v) is 9.37. The van der Waals surface area contributed by atoms with Gasteiger partial charge in [0.2, 0.25) is 5.43 Å². The molecule has 4 aromatic rings. The number of hydrogen-bond acceptors (Lipinski definition) is 6. The van der Waals surface area contributed by atoms with E-state index in [0.29, 0.717) is 27.1 Å². The Labute approximate surface area is 229 Å². The molecular weight excluding hydrogens is 543 g/mol. The summed E-state index contributed by atoms with van der Waals surface area (Å²) in [6.07, 6.45) is 0.00485. The van der Waals surface area contributed by atoms with Crippen LogP contribution < -0.4 is 10.4 Å². The summed E-state index contributed by atoms with van der Waals surface area (Å²) < 4.78 is 53.5. The molecule has 4 aliphatic rings. The molecule has 2 aliphatic heterocycles. The first kappa shape index (κ1) is 23.8. The summed E-state index contributed by atoms with van der Waals surface area (Å²) in [5.41, 5.74) is 1.74. The highest BCUT2D eigenvalue weighted by atomic mass is 32.1. The number of amides is 1. The van der Waals surface area contributed by atoms with Crippen LogP contribution in [0, 0.1) is 5.82 Å². The minimum absolute atomic E-state index is 0.0553. The monoisotopic (exact) mass is 563 g/mol. The van der Waals surface area contributed by atoms with E-state index in [1.807, 2.05) is 29.3 Å². The quantitative estimate of drug-likeness (QED) is 0.367. The van der Waals surface area contributed by atoms with Crippen LogP contribution in [0.3, 0.4) is 0 Å². The Kier molecular flexibility index (Phi) is 4.74. The van der Waals surface area contributed by atoms with Crippen molar-refractivity contribution in [1.29, 1.82) is 0 Å². The number of thiophene rings is 1. The van der Waals surface area contributed by atoms with Gasteiger partial charge in [0.05, 0.1) is 19.3 Å². The maximum Gasteiger partial charge on any atom is 0.278 e. The number of pyridine rings is 1. The molecule has 8 rings (SSSR count). The largest absolute Gasteiger partial charge is 0.502 e. The molecule has 2 atom stereocenters. The predicted molar refractivity (Wildman–Crippen MR) is 141 cm³/mol. The molecule has 1 N–H and O–H groups in total. The summed E-state index contributed by atoms with van der Waals surface area (Å²) >= 11 is 1.20. The summed E-state index contributed by atoms with van der Waals surface area (Å²) in [5.74, 6) is -5.13. The van der Waals surface area contributed by atoms with Gasteiger partial charge in [0.1, 0.15) is 12.0 Å². The topological polar surface area (TPSA) is 75.0 Å². The Balaban J connectivity index is 1.49. The van der Waals surface area contributed by atoms with E-state index in [2.05, 4.69) is 0 Å². The molecule has 2 aliphatic carbocycles. The molecule has 11 heteroatoms. The van der Waals surface area contributed by atoms with Gasteiger partial charge < -0.3 is 14.7 Å². The zero-order valence-electron chi connectivity index (χ0n) is 20.7. The molecule has 0 spiro atoms. The summed E-state index contributed by atoms with van der Waals surface area (Å²) in [6, 6.07) is 10.7. The lowest BCUT2D eigenvalue weighted by atomic mass is 9.80. The fourth-order valence-electron chi connectivity index (χ4n) is 6.65. The number of aromatic nitrogens is 1. The number of aromatic hydroxyl groups is 1. The molecule has 1 fully saturated rings. The number of morpholine rings is 1. The highest BCUT2D eigenvalue weighted by molar-refractivity contribution is 7.14. The Hall–Kier alpha value is -4.09. The number of ether oxygens (including phenoxy) is 1. The molecule has 7 nitrogen and oxygen atoms in total. The van der Waals surface area contributed by atoms with Crippen LogP contribution in [-0.4, -0.2) is 46.5 Å². The number of carbonyl (C=O) groups is 1. The van der Waals surface area contributed by atoms with Crippen LogP contribution in [0.1, 0.15) is 38.8 Å². The standard InChI is InChI=1S/C29H20F3N3O4S/c30-19-6-5-16-22-17(19)11-29(31,32)18-13-40-27(23(18)22)15-4-2-1-3-14(15)24(16)35-21-12-39-10-9-33(21)28(38)25-26(37)20(36)7-8-34(25)35/h1-8,13,21,24,37H,9-12H2. The Bertz CT molecular complexity index is 1830. The second kappa shape index (κ2) is 7.98. The van der Waals surface area contributed by atoms with Gasteiger partial charge in [-0.05, 0) is 28.3 Å². The average molecular weight is 564 g/mol. The Morgan fingerprint density at radius 1 is 1.05 bits per heavy atom. The van der Waals surface area contributed by atoms with Gasteiger partial charge in [-0.25, -0.2) is 13.2 Å². The molecular formula is C29H20F3N3O4S. The summed E-state index contributed by atoms with van der Waals surface area (Å²) in [6.45, 7) is 0.629. The highest BCUT2D eigenvalue weighted by Gasteiger charge is 2.50. The second-order valence-electron chi connectivity index (χ2n) is 10.4. The molecule has 1 amide bonds. The number of carbonyl (C=O) groups excluding carboxylic acids is 1. The lowest BCUT2D eigenvalue weighted by molar-refractivity contribution is -0.0197. The van der Waals surface area contributed by atoms with E-state index >= 15 is 13.2 Å². The van der Waals surface area contributed by atoms with Crippen LogP contribution in [0.15, 0.2) is 58.8 Å². The first-order valence-corrected chi connectivity index (χ1v) is 13.7. The fraction of sp³-hybridized carbons (Fsp3) is 0.241. The molecule has 1 saturated heterocycles. The number of alkyl halides is 2. The third kappa shape index (κ3) is 2.93. The van der Waals surface area contributed by atoms with Gasteiger partial charge in [0.15, 0.2) is 11.4 Å². The smallest absolute Gasteiger partial charge is 0.278 e. The van der Waals surface area contributed by atoms with Gasteiger partial charge in [-0.3, -0.25) is 19.3 Å². The van der Waals surface area contributed by atoms with Crippen molar-refractivity contribution < 1.29 is 27.8 Å². The zero-order chi connectivity index (χ0) is 27.5. The molecule has 2 aromatic carbocycles. The van der Waals surface area contributed by atoms with E-state index in [1.165, 1.54) is 39.7 Å². The van der Waals surface area contributed by atoms with E-state index in [1.54, 1.807) is 11.0 Å². The number of halogens is 3. The molecule has 0 radical (unpaired) electrons.